The van der Waals surface area contributed by atoms with Gasteiger partial charge in [0, 0.05) is 0 Å². The molecular formula is C13H18ClNO2. The number of aliphatic hydroxyl groups excluding tert-OH is 1. The molecule has 4 heteroatoms. The van der Waals surface area contributed by atoms with Gasteiger partial charge in [-0.2, -0.15) is 0 Å². The number of aliphatic hydroxyl groups is 1. The number of halogens is 1. The van der Waals surface area contributed by atoms with Crippen LogP contribution in [0.4, 0.5) is 5.69 Å². The van der Waals surface area contributed by atoms with Gasteiger partial charge in [0.25, 0.3) is 0 Å². The fraction of sp³-hybridized carbons (Fsp3) is 0.462. The Hall–Kier alpha value is -1.06. The molecule has 0 fully saturated rings. The number of nitrogens with one attached hydrogen (secondary N) is 1. The number of carbonyl (C=O) groups is 1. The number of anilines is 1. The number of carbonyl (C=O) groups excluding carboxylic acids is 1. The van der Waals surface area contributed by atoms with Crippen molar-refractivity contribution in [1.29, 1.82) is 0 Å². The molecule has 1 amide bonds. The van der Waals surface area contributed by atoms with E-state index < -0.39 is 6.10 Å². The van der Waals surface area contributed by atoms with Crippen LogP contribution in [0.3, 0.4) is 0 Å². The third-order valence-corrected chi connectivity index (χ3v) is 2.88. The van der Waals surface area contributed by atoms with Crippen LogP contribution in [0.15, 0.2) is 18.2 Å². The van der Waals surface area contributed by atoms with Gasteiger partial charge in [-0.25, -0.2) is 0 Å². The maximum Gasteiger partial charge on any atom is 0.227 e. The van der Waals surface area contributed by atoms with Crippen LogP contribution in [0, 0.1) is 12.8 Å². The Morgan fingerprint density at radius 3 is 2.65 bits per heavy atom. The van der Waals surface area contributed by atoms with Crippen LogP contribution in [-0.2, 0) is 4.79 Å². The highest BCUT2D eigenvalue weighted by atomic mass is 35.5. The molecule has 94 valence electrons. The molecular weight excluding hydrogens is 238 g/mol. The third kappa shape index (κ3) is 4.36. The predicted molar refractivity (Wildman–Crippen MR) is 70.3 cm³/mol. The molecule has 0 heterocycles. The minimum atomic E-state index is -0.626. The van der Waals surface area contributed by atoms with Crippen molar-refractivity contribution in [2.24, 2.45) is 5.92 Å². The molecule has 2 N–H and O–H groups in total. The number of aryl methyl sites for hydroxylation is 1. The summed E-state index contributed by atoms with van der Waals surface area (Å²) < 4.78 is 0. The fourth-order valence-electron chi connectivity index (χ4n) is 1.35. The van der Waals surface area contributed by atoms with E-state index in [1.807, 2.05) is 26.8 Å². The van der Waals surface area contributed by atoms with Crippen molar-refractivity contribution in [2.45, 2.75) is 33.3 Å². The van der Waals surface area contributed by atoms with E-state index in [1.165, 1.54) is 0 Å². The topological polar surface area (TPSA) is 49.3 Å². The second-order valence-corrected chi connectivity index (χ2v) is 4.95. The van der Waals surface area contributed by atoms with Crippen LogP contribution in [-0.4, -0.2) is 17.1 Å². The first-order valence-corrected chi connectivity index (χ1v) is 6.02. The van der Waals surface area contributed by atoms with Gasteiger partial charge in [0.2, 0.25) is 5.91 Å². The third-order valence-electron chi connectivity index (χ3n) is 2.56. The zero-order chi connectivity index (χ0) is 13.0. The van der Waals surface area contributed by atoms with Crippen LogP contribution in [0.1, 0.15) is 25.8 Å². The molecule has 1 atom stereocenters. The van der Waals surface area contributed by atoms with Gasteiger partial charge in [-0.05, 0) is 30.5 Å². The van der Waals surface area contributed by atoms with E-state index in [4.69, 9.17) is 11.6 Å². The smallest absolute Gasteiger partial charge is 0.227 e. The van der Waals surface area contributed by atoms with Gasteiger partial charge in [0.1, 0.15) is 0 Å². The van der Waals surface area contributed by atoms with E-state index in [0.717, 1.165) is 5.56 Å². The van der Waals surface area contributed by atoms with Crippen LogP contribution >= 0.6 is 11.6 Å². The summed E-state index contributed by atoms with van der Waals surface area (Å²) in [5, 5.41) is 12.8. The number of hydrogen-bond donors (Lipinski definition) is 2. The Labute approximate surface area is 107 Å². The van der Waals surface area contributed by atoms with Crippen molar-refractivity contribution in [3.8, 4) is 0 Å². The molecule has 0 spiro atoms. The SMILES string of the molecule is Cc1ccc(NC(=O)CC(O)C(C)C)c(Cl)c1. The van der Waals surface area contributed by atoms with Crippen molar-refractivity contribution in [3.63, 3.8) is 0 Å². The summed E-state index contributed by atoms with van der Waals surface area (Å²) in [6.45, 7) is 5.67. The number of amides is 1. The predicted octanol–water partition coefficient (Wildman–Crippen LogP) is 2.99. The normalized spacial score (nSPS) is 12.6. The quantitative estimate of drug-likeness (QED) is 0.869. The number of benzene rings is 1. The second kappa shape index (κ2) is 6.03. The van der Waals surface area contributed by atoms with Gasteiger partial charge in [0.05, 0.1) is 23.2 Å². The molecule has 1 rings (SSSR count). The lowest BCUT2D eigenvalue weighted by molar-refractivity contribution is -0.118. The number of rotatable bonds is 4. The van der Waals surface area contributed by atoms with Crippen LogP contribution < -0.4 is 5.32 Å². The van der Waals surface area contributed by atoms with Gasteiger partial charge in [-0.1, -0.05) is 31.5 Å². The van der Waals surface area contributed by atoms with E-state index in [2.05, 4.69) is 5.32 Å². The van der Waals surface area contributed by atoms with Gasteiger partial charge in [-0.15, -0.1) is 0 Å². The zero-order valence-corrected chi connectivity index (χ0v) is 11.1. The summed E-state index contributed by atoms with van der Waals surface area (Å²) in [5.41, 5.74) is 1.62. The molecule has 0 aliphatic heterocycles. The molecule has 1 unspecified atom stereocenters. The first-order valence-electron chi connectivity index (χ1n) is 5.64. The highest BCUT2D eigenvalue weighted by molar-refractivity contribution is 6.33. The van der Waals surface area contributed by atoms with E-state index in [9.17, 15) is 9.90 Å². The average Bonchev–Trinajstić information content (AvgIpc) is 2.22. The van der Waals surface area contributed by atoms with Gasteiger partial charge >= 0.3 is 0 Å². The molecule has 0 aromatic heterocycles. The lowest BCUT2D eigenvalue weighted by Gasteiger charge is -2.14. The minimum absolute atomic E-state index is 0.0641. The summed E-state index contributed by atoms with van der Waals surface area (Å²) in [6, 6.07) is 5.42. The minimum Gasteiger partial charge on any atom is -0.392 e. The van der Waals surface area contributed by atoms with E-state index in [-0.39, 0.29) is 18.2 Å². The van der Waals surface area contributed by atoms with Crippen LogP contribution in [0.5, 0.6) is 0 Å². The molecule has 1 aromatic rings. The van der Waals surface area contributed by atoms with E-state index in [1.54, 1.807) is 12.1 Å². The molecule has 0 radical (unpaired) electrons. The summed E-state index contributed by atoms with van der Waals surface area (Å²) in [7, 11) is 0. The maximum atomic E-state index is 11.6. The number of hydrogen-bond acceptors (Lipinski definition) is 2. The monoisotopic (exact) mass is 255 g/mol. The van der Waals surface area contributed by atoms with E-state index in [0.29, 0.717) is 10.7 Å². The lowest BCUT2D eigenvalue weighted by atomic mass is 10.0. The molecule has 0 bridgehead atoms. The lowest BCUT2D eigenvalue weighted by Crippen LogP contribution is -2.23. The van der Waals surface area contributed by atoms with Crippen molar-refractivity contribution < 1.29 is 9.90 Å². The summed E-state index contributed by atoms with van der Waals surface area (Å²) >= 11 is 6.00. The molecule has 0 aliphatic rings. The Bertz CT molecular complexity index is 404. The summed E-state index contributed by atoms with van der Waals surface area (Å²) in [6.07, 6.45) is -0.541. The van der Waals surface area contributed by atoms with Crippen molar-refractivity contribution >= 4 is 23.2 Å². The zero-order valence-electron chi connectivity index (χ0n) is 10.3. The van der Waals surface area contributed by atoms with Gasteiger partial charge in [0.15, 0.2) is 0 Å². The highest BCUT2D eigenvalue weighted by Crippen LogP contribution is 2.23. The Kier molecular flexibility index (Phi) is 4.97. The fourth-order valence-corrected chi connectivity index (χ4v) is 1.63. The summed E-state index contributed by atoms with van der Waals surface area (Å²) in [5.74, 6) is -0.161. The van der Waals surface area contributed by atoms with Gasteiger partial charge < -0.3 is 10.4 Å². The van der Waals surface area contributed by atoms with E-state index >= 15 is 0 Å². The molecule has 0 saturated carbocycles. The van der Waals surface area contributed by atoms with Crippen LogP contribution in [0.25, 0.3) is 0 Å². The first-order chi connectivity index (χ1) is 7.90. The Balaban J connectivity index is 2.62. The molecule has 0 aliphatic carbocycles. The summed E-state index contributed by atoms with van der Waals surface area (Å²) in [4.78, 5) is 11.6. The van der Waals surface area contributed by atoms with Gasteiger partial charge in [-0.3, -0.25) is 4.79 Å². The van der Waals surface area contributed by atoms with Crippen LogP contribution in [0.2, 0.25) is 5.02 Å². The Morgan fingerprint density at radius 1 is 1.47 bits per heavy atom. The first kappa shape index (κ1) is 14.0. The Morgan fingerprint density at radius 2 is 2.12 bits per heavy atom. The molecule has 0 saturated heterocycles. The highest BCUT2D eigenvalue weighted by Gasteiger charge is 2.15. The standard InChI is InChI=1S/C13H18ClNO2/c1-8(2)12(16)7-13(17)15-11-5-4-9(3)6-10(11)14/h4-6,8,12,16H,7H2,1-3H3,(H,15,17). The van der Waals surface area contributed by atoms with Crippen molar-refractivity contribution in [3.05, 3.63) is 28.8 Å². The molecule has 3 nitrogen and oxygen atoms in total. The average molecular weight is 256 g/mol. The molecule has 17 heavy (non-hydrogen) atoms. The largest absolute Gasteiger partial charge is 0.392 e. The van der Waals surface area contributed by atoms with Crippen molar-refractivity contribution in [1.82, 2.24) is 0 Å². The maximum absolute atomic E-state index is 11.6. The molecule has 1 aromatic carbocycles. The second-order valence-electron chi connectivity index (χ2n) is 4.55. The van der Waals surface area contributed by atoms with Crippen molar-refractivity contribution in [2.75, 3.05) is 5.32 Å².